The van der Waals surface area contributed by atoms with Crippen LogP contribution in [-0.2, 0) is 0 Å². The lowest BCUT2D eigenvalue weighted by atomic mass is 10.2. The highest BCUT2D eigenvalue weighted by atomic mass is 16.3. The molecule has 0 saturated heterocycles. The molecule has 23 heavy (non-hydrogen) atoms. The van der Waals surface area contributed by atoms with E-state index >= 15 is 0 Å². The predicted octanol–water partition coefficient (Wildman–Crippen LogP) is 2.27. The maximum atomic E-state index is 12.4. The summed E-state index contributed by atoms with van der Waals surface area (Å²) in [5.41, 5.74) is 2.22. The maximum absolute atomic E-state index is 12.4. The summed E-state index contributed by atoms with van der Waals surface area (Å²) >= 11 is 0. The van der Waals surface area contributed by atoms with Crippen molar-refractivity contribution in [2.75, 3.05) is 20.6 Å². The average Bonchev–Trinajstić information content (AvgIpc) is 3.16. The van der Waals surface area contributed by atoms with Crippen LogP contribution in [0.4, 0.5) is 0 Å². The molecular weight excluding hydrogens is 292 g/mol. The summed E-state index contributed by atoms with van der Waals surface area (Å²) in [5.74, 6) is 0.632. The van der Waals surface area contributed by atoms with Crippen molar-refractivity contribution in [1.82, 2.24) is 19.6 Å². The Balaban J connectivity index is 1.74. The first-order chi connectivity index (χ1) is 11.1. The molecule has 0 saturated carbocycles. The average molecular weight is 312 g/mol. The van der Waals surface area contributed by atoms with E-state index in [0.717, 1.165) is 17.1 Å². The number of hydrogen-bond donors (Lipinski definition) is 1. The van der Waals surface area contributed by atoms with Gasteiger partial charge in [-0.2, -0.15) is 0 Å². The van der Waals surface area contributed by atoms with Gasteiger partial charge in [0.25, 0.3) is 5.91 Å². The predicted molar refractivity (Wildman–Crippen MR) is 87.4 cm³/mol. The summed E-state index contributed by atoms with van der Waals surface area (Å²) in [4.78, 5) is 18.8. The van der Waals surface area contributed by atoms with Crippen molar-refractivity contribution < 1.29 is 9.21 Å². The molecular formula is C17H20N4O2. The molecule has 0 aliphatic carbocycles. The second kappa shape index (κ2) is 6.26. The van der Waals surface area contributed by atoms with E-state index in [4.69, 9.17) is 4.42 Å². The molecule has 0 radical (unpaired) electrons. The Hall–Kier alpha value is -2.60. The molecule has 3 rings (SSSR count). The van der Waals surface area contributed by atoms with Crippen molar-refractivity contribution in [3.63, 3.8) is 0 Å². The quantitative estimate of drug-likeness (QED) is 0.785. The van der Waals surface area contributed by atoms with E-state index in [0.29, 0.717) is 12.2 Å². The van der Waals surface area contributed by atoms with Gasteiger partial charge in [0.1, 0.15) is 17.1 Å². The van der Waals surface area contributed by atoms with Gasteiger partial charge in [-0.05, 0) is 45.3 Å². The summed E-state index contributed by atoms with van der Waals surface area (Å²) in [6, 6.07) is 9.53. The van der Waals surface area contributed by atoms with Gasteiger partial charge in [0.15, 0.2) is 0 Å². The molecule has 0 fully saturated rings. The van der Waals surface area contributed by atoms with Crippen LogP contribution in [0.15, 0.2) is 47.2 Å². The van der Waals surface area contributed by atoms with Gasteiger partial charge in [-0.3, -0.25) is 9.69 Å². The molecule has 3 heterocycles. The number of likely N-dealkylation sites (N-methyl/N-ethyl adjacent to an activating group) is 1. The number of aryl methyl sites for hydroxylation is 1. The Labute approximate surface area is 134 Å². The lowest BCUT2D eigenvalue weighted by Gasteiger charge is -2.22. The minimum absolute atomic E-state index is 0.0206. The number of hydrogen-bond acceptors (Lipinski definition) is 4. The minimum atomic E-state index is -0.188. The Morgan fingerprint density at radius 1 is 1.35 bits per heavy atom. The van der Waals surface area contributed by atoms with Crippen LogP contribution < -0.4 is 5.32 Å². The number of rotatable bonds is 5. The molecule has 1 unspecified atom stereocenters. The summed E-state index contributed by atoms with van der Waals surface area (Å²) in [5, 5.41) is 2.93. The second-order valence-electron chi connectivity index (χ2n) is 5.73. The van der Waals surface area contributed by atoms with Gasteiger partial charge in [-0.25, -0.2) is 4.98 Å². The molecule has 0 spiro atoms. The standard InChI is InChI=1S/C17H20N4O2/c1-12-6-4-8-16-19-13(11-21(12)16)17(22)18-10-14(20(2)3)15-7-5-9-23-15/h4-9,11,14H,10H2,1-3H3,(H,18,22). The van der Waals surface area contributed by atoms with Gasteiger partial charge < -0.3 is 14.1 Å². The van der Waals surface area contributed by atoms with Gasteiger partial charge in [-0.1, -0.05) is 6.07 Å². The Morgan fingerprint density at radius 2 is 2.17 bits per heavy atom. The third-order valence-electron chi connectivity index (χ3n) is 3.88. The van der Waals surface area contributed by atoms with Crippen LogP contribution in [0.3, 0.4) is 0 Å². The van der Waals surface area contributed by atoms with Gasteiger partial charge in [0.2, 0.25) is 0 Å². The highest BCUT2D eigenvalue weighted by Crippen LogP contribution is 2.17. The fourth-order valence-corrected chi connectivity index (χ4v) is 2.56. The molecule has 0 aliphatic rings. The van der Waals surface area contributed by atoms with Gasteiger partial charge in [0, 0.05) is 18.4 Å². The Morgan fingerprint density at radius 3 is 2.83 bits per heavy atom. The van der Waals surface area contributed by atoms with Crippen molar-refractivity contribution in [2.24, 2.45) is 0 Å². The number of nitrogens with zero attached hydrogens (tertiary/aromatic N) is 3. The maximum Gasteiger partial charge on any atom is 0.271 e. The van der Waals surface area contributed by atoms with E-state index in [-0.39, 0.29) is 11.9 Å². The highest BCUT2D eigenvalue weighted by Gasteiger charge is 2.19. The lowest BCUT2D eigenvalue weighted by molar-refractivity contribution is 0.0934. The van der Waals surface area contributed by atoms with E-state index < -0.39 is 0 Å². The molecule has 6 nitrogen and oxygen atoms in total. The van der Waals surface area contributed by atoms with Crippen LogP contribution in [0.2, 0.25) is 0 Å². The van der Waals surface area contributed by atoms with Crippen LogP contribution >= 0.6 is 0 Å². The molecule has 3 aromatic rings. The first-order valence-corrected chi connectivity index (χ1v) is 7.49. The monoisotopic (exact) mass is 312 g/mol. The fraction of sp³-hybridized carbons (Fsp3) is 0.294. The molecule has 6 heteroatoms. The molecule has 3 aromatic heterocycles. The van der Waals surface area contributed by atoms with E-state index in [1.807, 2.05) is 60.7 Å². The third-order valence-corrected chi connectivity index (χ3v) is 3.88. The number of nitrogens with one attached hydrogen (secondary N) is 1. The van der Waals surface area contributed by atoms with E-state index in [2.05, 4.69) is 10.3 Å². The number of furan rings is 1. The summed E-state index contributed by atoms with van der Waals surface area (Å²) in [7, 11) is 3.90. The number of imidazole rings is 1. The molecule has 0 aliphatic heterocycles. The van der Waals surface area contributed by atoms with Gasteiger partial charge >= 0.3 is 0 Å². The zero-order chi connectivity index (χ0) is 16.4. The van der Waals surface area contributed by atoms with E-state index in [1.165, 1.54) is 0 Å². The second-order valence-corrected chi connectivity index (χ2v) is 5.73. The molecule has 1 amide bonds. The summed E-state index contributed by atoms with van der Waals surface area (Å²) in [6.45, 7) is 2.43. The zero-order valence-corrected chi connectivity index (χ0v) is 13.5. The molecule has 120 valence electrons. The summed E-state index contributed by atoms with van der Waals surface area (Å²) in [6.07, 6.45) is 3.40. The normalized spacial score (nSPS) is 12.7. The lowest BCUT2D eigenvalue weighted by Crippen LogP contribution is -2.34. The Bertz CT molecular complexity index is 805. The van der Waals surface area contributed by atoms with Crippen molar-refractivity contribution >= 4 is 11.6 Å². The number of pyridine rings is 1. The van der Waals surface area contributed by atoms with Crippen molar-refractivity contribution in [3.8, 4) is 0 Å². The van der Waals surface area contributed by atoms with Crippen LogP contribution in [0.25, 0.3) is 5.65 Å². The number of carbonyl (C=O) groups excluding carboxylic acids is 1. The van der Waals surface area contributed by atoms with Crippen LogP contribution in [0.1, 0.15) is 28.0 Å². The summed E-state index contributed by atoms with van der Waals surface area (Å²) < 4.78 is 7.35. The highest BCUT2D eigenvalue weighted by molar-refractivity contribution is 5.92. The molecule has 0 bridgehead atoms. The van der Waals surface area contributed by atoms with E-state index in [9.17, 15) is 4.79 Å². The van der Waals surface area contributed by atoms with Crippen molar-refractivity contribution in [2.45, 2.75) is 13.0 Å². The number of fused-ring (bicyclic) bond motifs is 1. The van der Waals surface area contributed by atoms with Gasteiger partial charge in [0.05, 0.1) is 12.3 Å². The molecule has 0 aromatic carbocycles. The number of aromatic nitrogens is 2. The van der Waals surface area contributed by atoms with Crippen LogP contribution in [0.5, 0.6) is 0 Å². The number of carbonyl (C=O) groups is 1. The topological polar surface area (TPSA) is 62.8 Å². The third kappa shape index (κ3) is 3.12. The molecule has 1 N–H and O–H groups in total. The first kappa shape index (κ1) is 15.3. The molecule has 1 atom stereocenters. The Kier molecular flexibility index (Phi) is 4.16. The first-order valence-electron chi connectivity index (χ1n) is 7.49. The minimum Gasteiger partial charge on any atom is -0.468 e. The SMILES string of the molecule is Cc1cccc2nc(C(=O)NCC(c3ccco3)N(C)C)cn12. The van der Waals surface area contributed by atoms with E-state index in [1.54, 1.807) is 12.5 Å². The zero-order valence-electron chi connectivity index (χ0n) is 13.5. The largest absolute Gasteiger partial charge is 0.468 e. The van der Waals surface area contributed by atoms with Crippen molar-refractivity contribution in [3.05, 3.63) is 59.9 Å². The van der Waals surface area contributed by atoms with Crippen LogP contribution in [-0.4, -0.2) is 40.8 Å². The fourth-order valence-electron chi connectivity index (χ4n) is 2.56. The smallest absolute Gasteiger partial charge is 0.271 e. The van der Waals surface area contributed by atoms with Gasteiger partial charge in [-0.15, -0.1) is 0 Å². The van der Waals surface area contributed by atoms with Crippen molar-refractivity contribution in [1.29, 1.82) is 0 Å². The number of amides is 1. The van der Waals surface area contributed by atoms with Crippen LogP contribution in [0, 0.1) is 6.92 Å².